The maximum absolute atomic E-state index is 11.1. The van der Waals surface area contributed by atoms with Crippen LogP contribution in [0.25, 0.3) is 44.0 Å². The van der Waals surface area contributed by atoms with Crippen molar-refractivity contribution in [2.45, 2.75) is 0 Å². The van der Waals surface area contributed by atoms with Crippen molar-refractivity contribution in [1.82, 2.24) is 15.2 Å². The molecule has 0 fully saturated rings. The van der Waals surface area contributed by atoms with Crippen LogP contribution in [0.3, 0.4) is 0 Å². The Labute approximate surface area is 104 Å². The van der Waals surface area contributed by atoms with Gasteiger partial charge in [0.15, 0.2) is 16.8 Å². The predicted octanol–water partition coefficient (Wildman–Crippen LogP) is 2.40. The number of fused-ring (bicyclic) bond motifs is 3. The Morgan fingerprint density at radius 1 is 1.05 bits per heavy atom. The van der Waals surface area contributed by atoms with Crippen LogP contribution in [0, 0.1) is 0 Å². The van der Waals surface area contributed by atoms with Gasteiger partial charge >= 0.3 is 5.82 Å². The van der Waals surface area contributed by atoms with E-state index in [1.54, 1.807) is 12.1 Å². The van der Waals surface area contributed by atoms with E-state index < -0.39 is 5.82 Å². The van der Waals surface area contributed by atoms with Crippen LogP contribution in [-0.4, -0.2) is 15.2 Å². The number of benzene rings is 1. The Kier molecular flexibility index (Phi) is 1.31. The van der Waals surface area contributed by atoms with Crippen molar-refractivity contribution in [2.75, 3.05) is 0 Å². The molecule has 0 aliphatic rings. The van der Waals surface area contributed by atoms with Crippen LogP contribution in [-0.2, 0) is 0 Å². The van der Waals surface area contributed by atoms with Crippen molar-refractivity contribution >= 4 is 44.0 Å². The number of rotatable bonds is 0. The van der Waals surface area contributed by atoms with E-state index in [0.29, 0.717) is 11.2 Å². The van der Waals surface area contributed by atoms with E-state index in [1.165, 1.54) is 0 Å². The molecule has 6 nitrogen and oxygen atoms in total. The Morgan fingerprint density at radius 2 is 1.89 bits per heavy atom. The molecule has 0 saturated heterocycles. The molecule has 3 heterocycles. The van der Waals surface area contributed by atoms with Gasteiger partial charge in [0.2, 0.25) is 0 Å². The Bertz CT molecular complexity index is 1130. The van der Waals surface area contributed by atoms with Crippen LogP contribution < -0.4 is 5.82 Å². The van der Waals surface area contributed by atoms with E-state index in [1.807, 2.05) is 12.1 Å². The van der Waals surface area contributed by atoms with E-state index >= 15 is 0 Å². The van der Waals surface area contributed by atoms with E-state index in [9.17, 15) is 4.79 Å². The summed E-state index contributed by atoms with van der Waals surface area (Å²) in [6.07, 6.45) is 0. The van der Waals surface area contributed by atoms with E-state index in [4.69, 9.17) is 8.83 Å². The first-order valence-electron chi connectivity index (χ1n) is 5.73. The van der Waals surface area contributed by atoms with Gasteiger partial charge in [-0.15, -0.1) is 10.2 Å². The number of nitrogens with zero attached hydrogens (tertiary/aromatic N) is 2. The fourth-order valence-corrected chi connectivity index (χ4v) is 2.55. The fourth-order valence-electron chi connectivity index (χ4n) is 2.55. The maximum atomic E-state index is 11.1. The molecule has 0 bridgehead atoms. The molecule has 3 aromatic heterocycles. The van der Waals surface area contributed by atoms with Crippen LogP contribution in [0.15, 0.2) is 37.9 Å². The van der Waals surface area contributed by atoms with Gasteiger partial charge in [0.05, 0.1) is 16.4 Å². The zero-order valence-electron chi connectivity index (χ0n) is 9.43. The number of hydrogen-bond donors (Lipinski definition) is 1. The molecule has 0 spiro atoms. The molecular formula is C13H5N3O3. The number of H-pyrrole nitrogens is 1. The van der Waals surface area contributed by atoms with Crippen LogP contribution in [0.5, 0.6) is 0 Å². The Hall–Kier alpha value is -2.89. The van der Waals surface area contributed by atoms with Gasteiger partial charge in [-0.3, -0.25) is 0 Å². The molecule has 2 aromatic carbocycles. The van der Waals surface area contributed by atoms with Crippen molar-refractivity contribution in [3.8, 4) is 0 Å². The second-order valence-corrected chi connectivity index (χ2v) is 4.48. The second kappa shape index (κ2) is 2.74. The molecule has 5 rings (SSSR count). The van der Waals surface area contributed by atoms with Crippen LogP contribution in [0.4, 0.5) is 0 Å². The van der Waals surface area contributed by atoms with Crippen molar-refractivity contribution in [2.24, 2.45) is 0 Å². The lowest BCUT2D eigenvalue weighted by Gasteiger charge is -2.01. The van der Waals surface area contributed by atoms with Crippen molar-refractivity contribution in [3.05, 3.63) is 34.9 Å². The molecule has 19 heavy (non-hydrogen) atoms. The molecule has 90 valence electrons. The summed E-state index contributed by atoms with van der Waals surface area (Å²) in [6, 6.07) is 7.42. The highest BCUT2D eigenvalue weighted by atomic mass is 16.6. The van der Waals surface area contributed by atoms with Crippen LogP contribution in [0.2, 0.25) is 0 Å². The monoisotopic (exact) mass is 251 g/mol. The fraction of sp³-hybridized carbons (Fsp3) is 0. The van der Waals surface area contributed by atoms with Gasteiger partial charge in [0, 0.05) is 5.39 Å². The van der Waals surface area contributed by atoms with E-state index in [-0.39, 0.29) is 0 Å². The minimum absolute atomic E-state index is 0.441. The molecule has 5 aromatic rings. The van der Waals surface area contributed by atoms with Gasteiger partial charge in [-0.05, 0) is 23.6 Å². The van der Waals surface area contributed by atoms with Gasteiger partial charge in [-0.1, -0.05) is 6.07 Å². The molecular weight excluding hydrogens is 246 g/mol. The lowest BCUT2D eigenvalue weighted by Crippen LogP contribution is -1.84. The summed E-state index contributed by atoms with van der Waals surface area (Å²) in [5.74, 6) is -0.691. The Balaban J connectivity index is 2.12. The summed E-state index contributed by atoms with van der Waals surface area (Å²) in [7, 11) is 0. The van der Waals surface area contributed by atoms with Crippen molar-refractivity contribution < 1.29 is 8.83 Å². The minimum Gasteiger partial charge on any atom is -0.391 e. The molecule has 0 atom stereocenters. The first-order valence-corrected chi connectivity index (χ1v) is 5.73. The van der Waals surface area contributed by atoms with Crippen LogP contribution in [0.1, 0.15) is 0 Å². The average molecular weight is 251 g/mol. The third kappa shape index (κ3) is 0.994. The average Bonchev–Trinajstić information content (AvgIpc) is 2.83. The molecule has 1 N–H and O–H groups in total. The standard InChI is InChI=1S/C13H5N3O3/c17-13-18-8-3-5-1-2-7-10-11(14-12(10)16-15-7)6(5)4-9(8)19-13/h1-4H,(H,14,15,16). The highest BCUT2D eigenvalue weighted by Gasteiger charge is 2.15. The van der Waals surface area contributed by atoms with Crippen molar-refractivity contribution in [1.29, 1.82) is 0 Å². The van der Waals surface area contributed by atoms with Gasteiger partial charge in [-0.2, -0.15) is 0 Å². The zero-order valence-corrected chi connectivity index (χ0v) is 9.43. The summed E-state index contributed by atoms with van der Waals surface area (Å²) in [4.78, 5) is 14.3. The summed E-state index contributed by atoms with van der Waals surface area (Å²) >= 11 is 0. The first kappa shape index (κ1) is 9.09. The third-order valence-corrected chi connectivity index (χ3v) is 3.44. The molecule has 0 aliphatic carbocycles. The van der Waals surface area contributed by atoms with Gasteiger partial charge < -0.3 is 13.8 Å². The van der Waals surface area contributed by atoms with Crippen LogP contribution >= 0.6 is 0 Å². The molecule has 0 aliphatic heterocycles. The zero-order chi connectivity index (χ0) is 12.6. The molecule has 0 amide bonds. The second-order valence-electron chi connectivity index (χ2n) is 4.48. The van der Waals surface area contributed by atoms with Gasteiger partial charge in [-0.25, -0.2) is 4.79 Å². The summed E-state index contributed by atoms with van der Waals surface area (Å²) < 4.78 is 9.96. The van der Waals surface area contributed by atoms with Gasteiger partial charge in [0.1, 0.15) is 0 Å². The lowest BCUT2D eigenvalue weighted by atomic mass is 10.1. The number of nitrogens with one attached hydrogen (secondary N) is 1. The summed E-state index contributed by atoms with van der Waals surface area (Å²) in [6.45, 7) is 0. The number of hydrogen-bond acceptors (Lipinski definition) is 5. The highest BCUT2D eigenvalue weighted by Crippen LogP contribution is 2.33. The maximum Gasteiger partial charge on any atom is 0.519 e. The predicted molar refractivity (Wildman–Crippen MR) is 68.4 cm³/mol. The Morgan fingerprint density at radius 3 is 2.79 bits per heavy atom. The topological polar surface area (TPSA) is 84.9 Å². The van der Waals surface area contributed by atoms with E-state index in [2.05, 4.69) is 15.2 Å². The smallest absolute Gasteiger partial charge is 0.391 e. The SMILES string of the molecule is O=c1oc2cc3ccc4nnc5[nH]c(c3cc2o1)c45. The molecule has 0 unspecified atom stereocenters. The molecule has 0 radical (unpaired) electrons. The first-order chi connectivity index (χ1) is 9.29. The number of aromatic amines is 1. The molecule has 6 heteroatoms. The van der Waals surface area contributed by atoms with Gasteiger partial charge in [0.25, 0.3) is 0 Å². The summed E-state index contributed by atoms with van der Waals surface area (Å²) in [5, 5.41) is 11.0. The lowest BCUT2D eigenvalue weighted by molar-refractivity contribution is 0.409. The van der Waals surface area contributed by atoms with E-state index in [0.717, 1.165) is 32.8 Å². The minimum atomic E-state index is -0.691. The molecule has 0 saturated carbocycles. The highest BCUT2D eigenvalue weighted by molar-refractivity contribution is 6.19. The van der Waals surface area contributed by atoms with Crippen molar-refractivity contribution in [3.63, 3.8) is 0 Å². The summed E-state index contributed by atoms with van der Waals surface area (Å²) in [5.41, 5.74) is 3.48. The quantitative estimate of drug-likeness (QED) is 0.456. The normalized spacial score (nSPS) is 12.4. The third-order valence-electron chi connectivity index (χ3n) is 3.44. The number of aromatic nitrogens is 3. The largest absolute Gasteiger partial charge is 0.519 e.